The average Bonchev–Trinajstić information content (AvgIpc) is 2.68. The average molecular weight is 369 g/mol. The summed E-state index contributed by atoms with van der Waals surface area (Å²) in [7, 11) is 1.52. The predicted molar refractivity (Wildman–Crippen MR) is 104 cm³/mol. The maximum Gasteiger partial charge on any atom is 0.271 e. The summed E-state index contributed by atoms with van der Waals surface area (Å²) in [6, 6.07) is 11.3. The topological polar surface area (TPSA) is 100 Å². The third-order valence-corrected chi connectivity index (χ3v) is 3.77. The summed E-state index contributed by atoms with van der Waals surface area (Å²) in [5, 5.41) is 16.4. The third-order valence-electron chi connectivity index (χ3n) is 3.77. The quantitative estimate of drug-likeness (QED) is 0.491. The highest BCUT2D eigenvalue weighted by atomic mass is 16.5. The number of hydrogen-bond acceptors (Lipinski definition) is 5. The SMILES string of the molecule is CCCCC(=O)Nc1cccc(C(=O)N/N=C/c2cc(OC)ccc2O)c1. The molecular formula is C20H23N3O4. The lowest BCUT2D eigenvalue weighted by atomic mass is 10.2. The van der Waals surface area contributed by atoms with E-state index in [-0.39, 0.29) is 11.7 Å². The van der Waals surface area contributed by atoms with Gasteiger partial charge >= 0.3 is 0 Å². The zero-order valence-corrected chi connectivity index (χ0v) is 15.4. The Morgan fingerprint density at radius 3 is 2.78 bits per heavy atom. The first kappa shape index (κ1) is 20.0. The molecule has 0 atom stereocenters. The van der Waals surface area contributed by atoms with Crippen molar-refractivity contribution in [2.45, 2.75) is 26.2 Å². The molecule has 0 aliphatic carbocycles. The Balaban J connectivity index is 2.00. The number of carbonyl (C=O) groups is 2. The highest BCUT2D eigenvalue weighted by Crippen LogP contribution is 2.21. The number of ether oxygens (including phenoxy) is 1. The van der Waals surface area contributed by atoms with E-state index in [0.29, 0.717) is 29.0 Å². The van der Waals surface area contributed by atoms with Crippen molar-refractivity contribution in [1.82, 2.24) is 5.43 Å². The predicted octanol–water partition coefficient (Wildman–Crippen LogP) is 3.29. The molecule has 0 aliphatic heterocycles. The molecule has 7 nitrogen and oxygen atoms in total. The molecule has 0 fully saturated rings. The van der Waals surface area contributed by atoms with E-state index in [0.717, 1.165) is 12.8 Å². The number of aromatic hydroxyl groups is 1. The van der Waals surface area contributed by atoms with Gasteiger partial charge in [0, 0.05) is 23.2 Å². The van der Waals surface area contributed by atoms with E-state index in [9.17, 15) is 14.7 Å². The van der Waals surface area contributed by atoms with Crippen LogP contribution in [0.1, 0.15) is 42.1 Å². The van der Waals surface area contributed by atoms with Gasteiger partial charge in [0.15, 0.2) is 0 Å². The van der Waals surface area contributed by atoms with Crippen molar-refractivity contribution in [3.8, 4) is 11.5 Å². The summed E-state index contributed by atoms with van der Waals surface area (Å²) in [6.45, 7) is 2.02. The number of rotatable bonds is 8. The van der Waals surface area contributed by atoms with Crippen LogP contribution in [0.4, 0.5) is 5.69 Å². The van der Waals surface area contributed by atoms with Crippen LogP contribution < -0.4 is 15.5 Å². The maximum atomic E-state index is 12.2. The van der Waals surface area contributed by atoms with Crippen LogP contribution >= 0.6 is 0 Å². The van der Waals surface area contributed by atoms with Crippen molar-refractivity contribution in [2.24, 2.45) is 5.10 Å². The Labute approximate surface area is 158 Å². The first-order valence-electron chi connectivity index (χ1n) is 8.63. The summed E-state index contributed by atoms with van der Waals surface area (Å²) in [5.41, 5.74) is 3.71. The van der Waals surface area contributed by atoms with E-state index >= 15 is 0 Å². The van der Waals surface area contributed by atoms with Crippen LogP contribution in [0.2, 0.25) is 0 Å². The van der Waals surface area contributed by atoms with Crippen molar-refractivity contribution in [2.75, 3.05) is 12.4 Å². The van der Waals surface area contributed by atoms with Gasteiger partial charge < -0.3 is 15.2 Å². The number of unbranched alkanes of at least 4 members (excludes halogenated alkanes) is 1. The lowest BCUT2D eigenvalue weighted by molar-refractivity contribution is -0.116. The molecule has 2 rings (SSSR count). The molecule has 0 aromatic heterocycles. The monoisotopic (exact) mass is 369 g/mol. The van der Waals surface area contributed by atoms with E-state index in [1.807, 2.05) is 6.92 Å². The molecule has 2 aromatic rings. The number of carbonyl (C=O) groups excluding carboxylic acids is 2. The second-order valence-corrected chi connectivity index (χ2v) is 5.86. The van der Waals surface area contributed by atoms with E-state index in [1.54, 1.807) is 36.4 Å². The van der Waals surface area contributed by atoms with Gasteiger partial charge in [0.1, 0.15) is 11.5 Å². The number of anilines is 1. The Bertz CT molecular complexity index is 834. The molecule has 7 heteroatoms. The molecule has 2 amide bonds. The fraction of sp³-hybridized carbons (Fsp3) is 0.250. The van der Waals surface area contributed by atoms with Crippen molar-refractivity contribution in [3.63, 3.8) is 0 Å². The first-order valence-corrected chi connectivity index (χ1v) is 8.63. The number of methoxy groups -OCH3 is 1. The highest BCUT2D eigenvalue weighted by molar-refractivity contribution is 5.97. The molecular weight excluding hydrogens is 346 g/mol. The number of amides is 2. The van der Waals surface area contributed by atoms with Gasteiger partial charge in [-0.1, -0.05) is 19.4 Å². The minimum atomic E-state index is -0.432. The molecule has 27 heavy (non-hydrogen) atoms. The van der Waals surface area contributed by atoms with Crippen LogP contribution in [-0.4, -0.2) is 30.2 Å². The minimum Gasteiger partial charge on any atom is -0.507 e. The summed E-state index contributed by atoms with van der Waals surface area (Å²) in [6.07, 6.45) is 3.53. The number of hydrogen-bond donors (Lipinski definition) is 3. The van der Waals surface area contributed by atoms with Gasteiger partial charge in [-0.15, -0.1) is 0 Å². The number of phenols is 1. The zero-order chi connectivity index (χ0) is 19.6. The van der Waals surface area contributed by atoms with Crippen LogP contribution in [0, 0.1) is 0 Å². The van der Waals surface area contributed by atoms with Crippen LogP contribution in [0.25, 0.3) is 0 Å². The minimum absolute atomic E-state index is 0.0191. The Kier molecular flexibility index (Phi) is 7.37. The van der Waals surface area contributed by atoms with Gasteiger partial charge in [-0.05, 0) is 42.8 Å². The summed E-state index contributed by atoms with van der Waals surface area (Å²) >= 11 is 0. The van der Waals surface area contributed by atoms with Gasteiger partial charge in [-0.25, -0.2) is 5.43 Å². The first-order chi connectivity index (χ1) is 13.0. The van der Waals surface area contributed by atoms with Crippen molar-refractivity contribution in [1.29, 1.82) is 0 Å². The Hall–Kier alpha value is -3.35. The largest absolute Gasteiger partial charge is 0.507 e. The van der Waals surface area contributed by atoms with Crippen molar-refractivity contribution < 1.29 is 19.4 Å². The summed E-state index contributed by atoms with van der Waals surface area (Å²) in [5.74, 6) is 0.0666. The normalized spacial score (nSPS) is 10.6. The molecule has 0 saturated heterocycles. The van der Waals surface area contributed by atoms with Crippen LogP contribution in [0.15, 0.2) is 47.6 Å². The smallest absolute Gasteiger partial charge is 0.271 e. The number of benzene rings is 2. The molecule has 0 saturated carbocycles. The van der Waals surface area contributed by atoms with Crippen LogP contribution in [0.3, 0.4) is 0 Å². The highest BCUT2D eigenvalue weighted by Gasteiger charge is 2.07. The molecule has 0 radical (unpaired) electrons. The van der Waals surface area contributed by atoms with Gasteiger partial charge in [0.05, 0.1) is 13.3 Å². The molecule has 0 spiro atoms. The summed E-state index contributed by atoms with van der Waals surface area (Å²) in [4.78, 5) is 24.0. The fourth-order valence-electron chi connectivity index (χ4n) is 2.29. The number of hydrazone groups is 1. The Morgan fingerprint density at radius 1 is 1.22 bits per heavy atom. The molecule has 0 unspecified atom stereocenters. The molecule has 3 N–H and O–H groups in total. The maximum absolute atomic E-state index is 12.2. The van der Waals surface area contributed by atoms with E-state index < -0.39 is 5.91 Å². The fourth-order valence-corrected chi connectivity index (χ4v) is 2.29. The van der Waals surface area contributed by atoms with E-state index in [4.69, 9.17) is 4.74 Å². The lowest BCUT2D eigenvalue weighted by Crippen LogP contribution is -2.18. The molecule has 2 aromatic carbocycles. The summed E-state index contributed by atoms with van der Waals surface area (Å²) < 4.78 is 5.08. The number of phenolic OH excluding ortho intramolecular Hbond substituents is 1. The molecule has 0 heterocycles. The standard InChI is InChI=1S/C20H23N3O4/c1-3-4-8-19(25)22-16-7-5-6-14(11-16)20(26)23-21-13-15-12-17(27-2)9-10-18(15)24/h5-7,9-13,24H,3-4,8H2,1-2H3,(H,22,25)(H,23,26)/b21-13+. The van der Waals surface area contributed by atoms with Crippen LogP contribution in [0.5, 0.6) is 11.5 Å². The second-order valence-electron chi connectivity index (χ2n) is 5.86. The Morgan fingerprint density at radius 2 is 2.04 bits per heavy atom. The van der Waals surface area contributed by atoms with Crippen molar-refractivity contribution >= 4 is 23.7 Å². The molecule has 0 bridgehead atoms. The van der Waals surface area contributed by atoms with Gasteiger partial charge in [-0.3, -0.25) is 9.59 Å². The van der Waals surface area contributed by atoms with Gasteiger partial charge in [0.25, 0.3) is 5.91 Å². The second kappa shape index (κ2) is 9.96. The molecule has 0 aliphatic rings. The lowest BCUT2D eigenvalue weighted by Gasteiger charge is -2.07. The van der Waals surface area contributed by atoms with Gasteiger partial charge in [0.2, 0.25) is 5.91 Å². The van der Waals surface area contributed by atoms with Crippen molar-refractivity contribution in [3.05, 3.63) is 53.6 Å². The van der Waals surface area contributed by atoms with Gasteiger partial charge in [-0.2, -0.15) is 5.10 Å². The zero-order valence-electron chi connectivity index (χ0n) is 15.4. The van der Waals surface area contributed by atoms with E-state index in [1.165, 1.54) is 19.4 Å². The number of nitrogens with zero attached hydrogens (tertiary/aromatic N) is 1. The molecule has 142 valence electrons. The van der Waals surface area contributed by atoms with E-state index in [2.05, 4.69) is 15.8 Å². The van der Waals surface area contributed by atoms with Crippen LogP contribution in [-0.2, 0) is 4.79 Å². The number of nitrogens with one attached hydrogen (secondary N) is 2. The third kappa shape index (κ3) is 6.14.